The van der Waals surface area contributed by atoms with Crippen molar-refractivity contribution in [1.82, 2.24) is 0 Å². The molecule has 0 saturated heterocycles. The summed E-state index contributed by atoms with van der Waals surface area (Å²) in [5.74, 6) is -2.25. The number of carboxylic acid groups (broad SMARTS) is 1. The number of halogens is 1. The first-order valence-corrected chi connectivity index (χ1v) is 6.74. The van der Waals surface area contributed by atoms with Crippen molar-refractivity contribution in [1.29, 1.82) is 5.26 Å². The molecule has 1 aromatic rings. The van der Waals surface area contributed by atoms with Crippen molar-refractivity contribution in [2.45, 2.75) is 25.7 Å². The quantitative estimate of drug-likeness (QED) is 0.895. The van der Waals surface area contributed by atoms with Crippen molar-refractivity contribution >= 4 is 17.6 Å². The summed E-state index contributed by atoms with van der Waals surface area (Å²) in [6, 6.07) is 5.43. The summed E-state index contributed by atoms with van der Waals surface area (Å²) in [4.78, 5) is 23.0. The molecular weight excluding hydrogens is 275 g/mol. The van der Waals surface area contributed by atoms with Crippen LogP contribution in [-0.2, 0) is 9.59 Å². The minimum atomic E-state index is -0.820. The van der Waals surface area contributed by atoms with E-state index in [0.717, 1.165) is 6.07 Å². The number of anilines is 1. The Morgan fingerprint density at radius 3 is 2.43 bits per heavy atom. The number of benzene rings is 1. The molecular formula is C15H15FN2O3. The van der Waals surface area contributed by atoms with Gasteiger partial charge in [-0.1, -0.05) is 0 Å². The number of nitrogens with one attached hydrogen (secondary N) is 1. The lowest BCUT2D eigenvalue weighted by Gasteiger charge is -2.25. The molecule has 6 heteroatoms. The SMILES string of the molecule is N#Cc1cc(F)ccc1NC(=O)C1CCC(C(=O)O)CC1. The van der Waals surface area contributed by atoms with Crippen LogP contribution in [0.5, 0.6) is 0 Å². The lowest BCUT2D eigenvalue weighted by atomic mass is 9.81. The smallest absolute Gasteiger partial charge is 0.306 e. The Bertz CT molecular complexity index is 601. The lowest BCUT2D eigenvalue weighted by molar-refractivity contribution is -0.143. The lowest BCUT2D eigenvalue weighted by Crippen LogP contribution is -2.29. The number of hydrogen-bond donors (Lipinski definition) is 2. The molecule has 0 aromatic heterocycles. The van der Waals surface area contributed by atoms with E-state index >= 15 is 0 Å². The molecule has 1 aliphatic rings. The van der Waals surface area contributed by atoms with E-state index in [-0.39, 0.29) is 29.0 Å². The number of nitrogens with zero attached hydrogens (tertiary/aromatic N) is 1. The maximum Gasteiger partial charge on any atom is 0.306 e. The van der Waals surface area contributed by atoms with Crippen LogP contribution in [0.25, 0.3) is 0 Å². The van der Waals surface area contributed by atoms with Gasteiger partial charge in [-0.15, -0.1) is 0 Å². The minimum absolute atomic E-state index is 0.0718. The Labute approximate surface area is 121 Å². The minimum Gasteiger partial charge on any atom is -0.481 e. The first-order valence-electron chi connectivity index (χ1n) is 6.74. The molecule has 1 aromatic carbocycles. The van der Waals surface area contributed by atoms with Crippen LogP contribution in [0, 0.1) is 29.0 Å². The zero-order valence-corrected chi connectivity index (χ0v) is 11.3. The summed E-state index contributed by atoms with van der Waals surface area (Å²) >= 11 is 0. The summed E-state index contributed by atoms with van der Waals surface area (Å²) in [6.07, 6.45) is 1.96. The van der Waals surface area contributed by atoms with E-state index in [1.807, 2.05) is 6.07 Å². The van der Waals surface area contributed by atoms with E-state index < -0.39 is 11.8 Å². The van der Waals surface area contributed by atoms with E-state index in [2.05, 4.69) is 5.32 Å². The molecule has 5 nitrogen and oxygen atoms in total. The second kappa shape index (κ2) is 6.35. The Hall–Kier alpha value is -2.42. The zero-order valence-electron chi connectivity index (χ0n) is 11.3. The first kappa shape index (κ1) is 15.0. The van der Waals surface area contributed by atoms with Crippen molar-refractivity contribution in [2.75, 3.05) is 5.32 Å². The predicted molar refractivity (Wildman–Crippen MR) is 72.8 cm³/mol. The second-order valence-electron chi connectivity index (χ2n) is 5.18. The van der Waals surface area contributed by atoms with Crippen molar-refractivity contribution in [3.8, 4) is 6.07 Å². The van der Waals surface area contributed by atoms with Crippen LogP contribution in [0.1, 0.15) is 31.2 Å². The van der Waals surface area contributed by atoms with Gasteiger partial charge in [-0.25, -0.2) is 4.39 Å². The van der Waals surface area contributed by atoms with Gasteiger partial charge in [0.2, 0.25) is 5.91 Å². The van der Waals surface area contributed by atoms with Gasteiger partial charge >= 0.3 is 5.97 Å². The number of amides is 1. The van der Waals surface area contributed by atoms with Gasteiger partial charge in [-0.2, -0.15) is 5.26 Å². The van der Waals surface area contributed by atoms with Crippen molar-refractivity contribution in [3.05, 3.63) is 29.6 Å². The molecule has 2 rings (SSSR count). The van der Waals surface area contributed by atoms with Crippen molar-refractivity contribution in [2.24, 2.45) is 11.8 Å². The third-order valence-corrected chi connectivity index (χ3v) is 3.81. The highest BCUT2D eigenvalue weighted by Crippen LogP contribution is 2.30. The highest BCUT2D eigenvalue weighted by molar-refractivity contribution is 5.94. The molecule has 110 valence electrons. The summed E-state index contributed by atoms with van der Waals surface area (Å²) in [7, 11) is 0. The molecule has 1 aliphatic carbocycles. The number of hydrogen-bond acceptors (Lipinski definition) is 3. The average Bonchev–Trinajstić information content (AvgIpc) is 2.49. The van der Waals surface area contributed by atoms with Gasteiger partial charge < -0.3 is 10.4 Å². The normalized spacial score (nSPS) is 21.3. The number of aliphatic carboxylic acids is 1. The standard InChI is InChI=1S/C15H15FN2O3/c16-12-5-6-13(11(7-12)8-17)18-14(19)9-1-3-10(4-2-9)15(20)21/h5-7,9-10H,1-4H2,(H,18,19)(H,20,21). The molecule has 0 radical (unpaired) electrons. The average molecular weight is 290 g/mol. The number of carbonyl (C=O) groups is 2. The van der Waals surface area contributed by atoms with Crippen LogP contribution >= 0.6 is 0 Å². The van der Waals surface area contributed by atoms with Gasteiger partial charge in [0.1, 0.15) is 11.9 Å². The fourth-order valence-electron chi connectivity index (χ4n) is 2.56. The third-order valence-electron chi connectivity index (χ3n) is 3.81. The first-order chi connectivity index (χ1) is 10.0. The van der Waals surface area contributed by atoms with E-state index in [1.165, 1.54) is 12.1 Å². The zero-order chi connectivity index (χ0) is 15.4. The Morgan fingerprint density at radius 1 is 1.24 bits per heavy atom. The predicted octanol–water partition coefficient (Wildman–Crippen LogP) is 2.53. The van der Waals surface area contributed by atoms with Crippen molar-refractivity contribution < 1.29 is 19.1 Å². The highest BCUT2D eigenvalue weighted by Gasteiger charge is 2.29. The van der Waals surface area contributed by atoms with E-state index in [1.54, 1.807) is 0 Å². The molecule has 1 saturated carbocycles. The fraction of sp³-hybridized carbons (Fsp3) is 0.400. The maximum absolute atomic E-state index is 13.0. The largest absolute Gasteiger partial charge is 0.481 e. The number of nitriles is 1. The third kappa shape index (κ3) is 3.57. The number of rotatable bonds is 3. The summed E-state index contributed by atoms with van der Waals surface area (Å²) < 4.78 is 13.0. The van der Waals surface area contributed by atoms with Gasteiger partial charge in [0, 0.05) is 5.92 Å². The molecule has 0 aliphatic heterocycles. The molecule has 2 N–H and O–H groups in total. The van der Waals surface area contributed by atoms with Crippen LogP contribution in [-0.4, -0.2) is 17.0 Å². The van der Waals surface area contributed by atoms with Crippen LogP contribution in [0.15, 0.2) is 18.2 Å². The molecule has 0 unspecified atom stereocenters. The van der Waals surface area contributed by atoms with E-state index in [4.69, 9.17) is 10.4 Å². The Kier molecular flexibility index (Phi) is 4.53. The monoisotopic (exact) mass is 290 g/mol. The van der Waals surface area contributed by atoms with Crippen LogP contribution in [0.2, 0.25) is 0 Å². The van der Waals surface area contributed by atoms with Gasteiger partial charge in [-0.3, -0.25) is 9.59 Å². The molecule has 0 spiro atoms. The topological polar surface area (TPSA) is 90.2 Å². The van der Waals surface area contributed by atoms with Crippen LogP contribution in [0.3, 0.4) is 0 Å². The number of carboxylic acids is 1. The molecule has 0 atom stereocenters. The Balaban J connectivity index is 2.00. The maximum atomic E-state index is 13.0. The molecule has 21 heavy (non-hydrogen) atoms. The molecule has 1 fully saturated rings. The van der Waals surface area contributed by atoms with Gasteiger partial charge in [0.05, 0.1) is 17.2 Å². The number of carbonyl (C=O) groups excluding carboxylic acids is 1. The van der Waals surface area contributed by atoms with Crippen LogP contribution < -0.4 is 5.32 Å². The summed E-state index contributed by atoms with van der Waals surface area (Å²) in [5.41, 5.74) is 0.354. The highest BCUT2D eigenvalue weighted by atomic mass is 19.1. The molecule has 0 heterocycles. The van der Waals surface area contributed by atoms with Gasteiger partial charge in [0.15, 0.2) is 0 Å². The van der Waals surface area contributed by atoms with Gasteiger partial charge in [-0.05, 0) is 43.9 Å². The Morgan fingerprint density at radius 2 is 1.86 bits per heavy atom. The second-order valence-corrected chi connectivity index (χ2v) is 5.18. The van der Waals surface area contributed by atoms with Crippen molar-refractivity contribution in [3.63, 3.8) is 0 Å². The summed E-state index contributed by atoms with van der Waals surface area (Å²) in [5, 5.41) is 20.5. The van der Waals surface area contributed by atoms with Crippen LogP contribution in [0.4, 0.5) is 10.1 Å². The van der Waals surface area contributed by atoms with E-state index in [0.29, 0.717) is 25.7 Å². The summed E-state index contributed by atoms with van der Waals surface area (Å²) in [6.45, 7) is 0. The molecule has 1 amide bonds. The molecule has 0 bridgehead atoms. The van der Waals surface area contributed by atoms with E-state index in [9.17, 15) is 14.0 Å². The van der Waals surface area contributed by atoms with Gasteiger partial charge in [0.25, 0.3) is 0 Å². The fourth-order valence-corrected chi connectivity index (χ4v) is 2.56.